The Labute approximate surface area is 232 Å². The fourth-order valence-corrected chi connectivity index (χ4v) is 34.1. The third-order valence-corrected chi connectivity index (χ3v) is 33.6. The predicted octanol–water partition coefficient (Wildman–Crippen LogP) is -0.833. The van der Waals surface area contributed by atoms with Gasteiger partial charge in [-0.25, -0.2) is 0 Å². The monoisotopic (exact) mass is 690 g/mol. The maximum Gasteiger partial charge on any atom is -1.00 e. The number of unbranched alkanes of at least 4 members (excludes halogenated alkanes) is 1. The second-order valence-corrected chi connectivity index (χ2v) is 28.8. The fraction of sp³-hybridized carbons (Fsp3) is 0.276. The number of rotatable bonds is 10. The van der Waals surface area contributed by atoms with Crippen molar-refractivity contribution in [2.75, 3.05) is 0 Å². The van der Waals surface area contributed by atoms with Crippen LogP contribution in [0, 0.1) is 5.92 Å². The van der Waals surface area contributed by atoms with E-state index in [9.17, 15) is 4.79 Å². The summed E-state index contributed by atoms with van der Waals surface area (Å²) in [5.74, 6) is -1.14. The van der Waals surface area contributed by atoms with E-state index >= 15 is 0 Å². The molecule has 2 nitrogen and oxygen atoms in total. The molecule has 2 atom stereocenters. The van der Waals surface area contributed by atoms with Gasteiger partial charge in [-0.3, -0.25) is 0 Å². The molecule has 3 aromatic carbocycles. The van der Waals surface area contributed by atoms with Crippen LogP contribution in [0.1, 0.15) is 54.3 Å². The number of carbonyl (C=O) groups is 1. The van der Waals surface area contributed by atoms with E-state index in [1.807, 2.05) is 0 Å². The molecule has 6 heteroatoms. The van der Waals surface area contributed by atoms with Gasteiger partial charge >= 0.3 is 209 Å². The van der Waals surface area contributed by atoms with Crippen molar-refractivity contribution < 1.29 is 50.5 Å². The van der Waals surface area contributed by atoms with Crippen LogP contribution in [0.15, 0.2) is 91.0 Å². The Kier molecular flexibility index (Phi) is 12.7. The van der Waals surface area contributed by atoms with Gasteiger partial charge in [0.2, 0.25) is 0 Å². The van der Waals surface area contributed by atoms with Crippen molar-refractivity contribution in [3.8, 4) is 0 Å². The molecule has 3 aromatic rings. The number of hydrogen-bond donors (Lipinski definition) is 1. The summed E-state index contributed by atoms with van der Waals surface area (Å²) in [4.78, 5) is 13.7. The Morgan fingerprint density at radius 3 is 2.03 bits per heavy atom. The third-order valence-electron chi connectivity index (χ3n) is 6.75. The summed E-state index contributed by atoms with van der Waals surface area (Å²) in [5.41, 5.74) is 2.75. The zero-order chi connectivity index (χ0) is 23.0. The number of amides is 1. The quantitative estimate of drug-likeness (QED) is 0.277. The van der Waals surface area contributed by atoms with Crippen molar-refractivity contribution in [1.82, 2.24) is 3.30 Å². The molecule has 1 N–H and O–H groups in total. The van der Waals surface area contributed by atoms with Gasteiger partial charge < -0.3 is 24.8 Å². The molecule has 2 unspecified atom stereocenters. The number of nitrogens with one attached hydrogen (secondary N) is 1. The van der Waals surface area contributed by atoms with Crippen molar-refractivity contribution >= 4 is 28.3 Å². The van der Waals surface area contributed by atoms with E-state index in [4.69, 9.17) is 0 Å². The van der Waals surface area contributed by atoms with Crippen molar-refractivity contribution in [1.29, 1.82) is 0 Å². The Morgan fingerprint density at radius 2 is 1.46 bits per heavy atom. The molecule has 1 aliphatic carbocycles. The van der Waals surface area contributed by atoms with Crippen molar-refractivity contribution in [2.24, 2.45) is 5.92 Å². The van der Waals surface area contributed by atoms with Crippen LogP contribution in [0.3, 0.4) is 0 Å². The molecule has 0 saturated carbocycles. The molecular formula is C29H34Cl2HfNOSi. The number of hydrogen-bond acceptors (Lipinski definition) is 1. The minimum Gasteiger partial charge on any atom is -1.00 e. The van der Waals surface area contributed by atoms with Crippen LogP contribution in [0.4, 0.5) is 0 Å². The van der Waals surface area contributed by atoms with E-state index in [-0.39, 0.29) is 30.7 Å². The summed E-state index contributed by atoms with van der Waals surface area (Å²) in [5, 5.41) is 2.93. The number of allylic oxidation sites excluding steroid dienone is 1. The Bertz CT molecular complexity index is 1040. The van der Waals surface area contributed by atoms with Gasteiger partial charge in [0.15, 0.2) is 0 Å². The molecule has 0 saturated heterocycles. The van der Waals surface area contributed by atoms with Crippen LogP contribution in [0.2, 0.25) is 0 Å². The summed E-state index contributed by atoms with van der Waals surface area (Å²) in [6, 6.07) is 30.9. The first kappa shape index (κ1) is 29.8. The molecule has 0 bridgehead atoms. The van der Waals surface area contributed by atoms with Crippen LogP contribution in [-0.4, -0.2) is 11.9 Å². The zero-order valence-electron chi connectivity index (χ0n) is 20.5. The first-order valence-corrected chi connectivity index (χ1v) is 24.1. The third kappa shape index (κ3) is 7.28. The van der Waals surface area contributed by atoms with Gasteiger partial charge in [-0.2, -0.15) is 0 Å². The summed E-state index contributed by atoms with van der Waals surface area (Å²) in [6.07, 6.45) is 8.87. The second-order valence-electron chi connectivity index (χ2n) is 8.91. The maximum absolute atomic E-state index is 13.7. The molecular weight excluding hydrogens is 656 g/mol. The molecule has 0 heterocycles. The second kappa shape index (κ2) is 14.9. The van der Waals surface area contributed by atoms with Crippen LogP contribution in [0.5, 0.6) is 0 Å². The van der Waals surface area contributed by atoms with Gasteiger partial charge in [0.1, 0.15) is 0 Å². The zero-order valence-corrected chi connectivity index (χ0v) is 26.7. The fourth-order valence-electron chi connectivity index (χ4n) is 4.91. The molecule has 35 heavy (non-hydrogen) atoms. The summed E-state index contributed by atoms with van der Waals surface area (Å²) in [7, 11) is 0. The average Bonchev–Trinajstić information content (AvgIpc) is 3.29. The Hall–Kier alpha value is -1.46. The number of halogens is 2. The summed E-state index contributed by atoms with van der Waals surface area (Å²) < 4.78 is 4.24. The first-order chi connectivity index (χ1) is 16.2. The van der Waals surface area contributed by atoms with Crippen molar-refractivity contribution in [3.63, 3.8) is 0 Å². The van der Waals surface area contributed by atoms with Gasteiger partial charge in [0.05, 0.1) is 0 Å². The molecule has 183 valence electrons. The van der Waals surface area contributed by atoms with E-state index in [1.54, 1.807) is 0 Å². The molecule has 1 aliphatic rings. The van der Waals surface area contributed by atoms with Gasteiger partial charge in [0, 0.05) is 0 Å². The van der Waals surface area contributed by atoms with Crippen LogP contribution >= 0.6 is 0 Å². The average molecular weight is 690 g/mol. The Balaban J connectivity index is 0.00000216. The standard InChI is InChI=1S/C12H11Si.C9H7.C8H17NO.2ClH.Hf/c1-3-7-11(8-4-1)13-12-9-5-2-6-10-12;1-2-5-9-7-3-6-8(9)4-1;1-3-5-6-7(4-2)8(9)10;;;/h1-10,13H;1-7H;7H,3-6H2,1-2H3,(H2,9,10);2*1H;/q;;;;;+3/p-3. The van der Waals surface area contributed by atoms with Crippen molar-refractivity contribution in [3.05, 3.63) is 102 Å². The SMILES string of the molecule is CCCCC(CC)C(=O)[NH][Hf+2]([CH]1C=Cc2ccccc21)[SiH](c1ccccc1)c1ccccc1.[Cl-].[Cl-]. The minimum absolute atomic E-state index is 0. The van der Waals surface area contributed by atoms with Crippen LogP contribution in [0.25, 0.3) is 6.08 Å². The largest absolute Gasteiger partial charge is 1.00 e. The smallest absolute Gasteiger partial charge is 1.00 e. The molecule has 4 rings (SSSR count). The first-order valence-electron chi connectivity index (χ1n) is 12.3. The number of benzene rings is 3. The normalized spacial score (nSPS) is 14.4. The Morgan fingerprint density at radius 1 is 0.886 bits per heavy atom. The van der Waals surface area contributed by atoms with E-state index in [0.717, 1.165) is 25.7 Å². The number of carbonyl (C=O) groups excluding carboxylic acids is 1. The molecule has 0 spiro atoms. The summed E-state index contributed by atoms with van der Waals surface area (Å²) in [6.45, 7) is 4.37. The summed E-state index contributed by atoms with van der Waals surface area (Å²) >= 11 is -2.80. The minimum atomic E-state index is -2.80. The van der Waals surface area contributed by atoms with Crippen LogP contribution < -0.4 is 38.5 Å². The van der Waals surface area contributed by atoms with E-state index < -0.39 is 26.9 Å². The number of fused-ring (bicyclic) bond motifs is 1. The van der Waals surface area contributed by atoms with Crippen LogP contribution in [-0.2, 0) is 25.7 Å². The maximum atomic E-state index is 13.7. The van der Waals surface area contributed by atoms with Gasteiger partial charge in [-0.1, -0.05) is 0 Å². The van der Waals surface area contributed by atoms with E-state index in [1.165, 1.54) is 21.5 Å². The van der Waals surface area contributed by atoms with E-state index in [2.05, 4.69) is 114 Å². The van der Waals surface area contributed by atoms with Gasteiger partial charge in [-0.15, -0.1) is 0 Å². The topological polar surface area (TPSA) is 29.1 Å². The van der Waals surface area contributed by atoms with E-state index in [0.29, 0.717) is 9.58 Å². The molecule has 0 radical (unpaired) electrons. The van der Waals surface area contributed by atoms with Crippen molar-refractivity contribution in [2.45, 2.75) is 43.2 Å². The molecule has 0 aromatic heterocycles. The van der Waals surface area contributed by atoms with Gasteiger partial charge in [0.25, 0.3) is 0 Å². The predicted molar refractivity (Wildman–Crippen MR) is 139 cm³/mol. The molecule has 0 fully saturated rings. The molecule has 1 amide bonds. The molecule has 0 aliphatic heterocycles. The van der Waals surface area contributed by atoms with Gasteiger partial charge in [-0.05, 0) is 0 Å².